The lowest BCUT2D eigenvalue weighted by Crippen LogP contribution is -2.30. The van der Waals surface area contributed by atoms with Crippen LogP contribution in [0, 0.1) is 0 Å². The number of Topliss-reactive ketones (excluding diaryl/α,β-unsaturated/α-hetero) is 1. The van der Waals surface area contributed by atoms with Crippen molar-refractivity contribution >= 4 is 55.1 Å². The summed E-state index contributed by atoms with van der Waals surface area (Å²) < 4.78 is 1.62. The van der Waals surface area contributed by atoms with Crippen LogP contribution in [0.3, 0.4) is 0 Å². The number of aromatic nitrogens is 1. The molecule has 0 aliphatic carbocycles. The van der Waals surface area contributed by atoms with Crippen LogP contribution < -0.4 is 4.90 Å². The second kappa shape index (κ2) is 7.93. The molecule has 1 N–H and O–H groups in total. The average molecular weight is 514 g/mol. The molecule has 2 heterocycles. The summed E-state index contributed by atoms with van der Waals surface area (Å²) in [7, 11) is 0. The van der Waals surface area contributed by atoms with Crippen molar-refractivity contribution in [3.63, 3.8) is 0 Å². The lowest BCUT2D eigenvalue weighted by molar-refractivity contribution is -0.132. The predicted octanol–water partition coefficient (Wildman–Crippen LogP) is 5.23. The molecule has 1 aromatic heterocycles. The normalized spacial score (nSPS) is 18.3. The van der Waals surface area contributed by atoms with Gasteiger partial charge in [0.2, 0.25) is 0 Å². The maximum atomic E-state index is 13.0. The topological polar surface area (TPSA) is 70.5 Å². The molecule has 2 aromatic carbocycles. The van der Waals surface area contributed by atoms with Crippen LogP contribution in [-0.2, 0) is 9.59 Å². The summed E-state index contributed by atoms with van der Waals surface area (Å²) in [5, 5.41) is 10.9. The van der Waals surface area contributed by atoms with Gasteiger partial charge in [0.25, 0.3) is 5.78 Å². The zero-order valence-corrected chi connectivity index (χ0v) is 18.1. The molecule has 144 valence electrons. The molecule has 1 aliphatic heterocycles. The number of rotatable bonds is 3. The van der Waals surface area contributed by atoms with Crippen LogP contribution in [0.5, 0.6) is 0 Å². The van der Waals surface area contributed by atoms with E-state index >= 15 is 0 Å². The molecule has 0 unspecified atom stereocenters. The summed E-state index contributed by atoms with van der Waals surface area (Å²) in [6.45, 7) is 0. The number of carbonyl (C=O) groups is 2. The molecule has 1 atom stereocenters. The van der Waals surface area contributed by atoms with E-state index in [0.717, 1.165) is 8.95 Å². The van der Waals surface area contributed by atoms with Crippen molar-refractivity contribution in [2.24, 2.45) is 0 Å². The first-order valence-electron chi connectivity index (χ1n) is 8.71. The number of amides is 1. The Morgan fingerprint density at radius 1 is 0.897 bits per heavy atom. The fourth-order valence-corrected chi connectivity index (χ4v) is 3.79. The Bertz CT molecular complexity index is 1110. The van der Waals surface area contributed by atoms with Gasteiger partial charge in [-0.05, 0) is 45.8 Å². The highest BCUT2D eigenvalue weighted by Crippen LogP contribution is 2.41. The minimum atomic E-state index is -0.794. The Morgan fingerprint density at radius 3 is 2.17 bits per heavy atom. The van der Waals surface area contributed by atoms with Crippen molar-refractivity contribution in [1.82, 2.24) is 4.98 Å². The number of carbonyl (C=O) groups excluding carboxylic acids is 2. The number of anilines is 1. The molecule has 1 aliphatic rings. The Kier molecular flexibility index (Phi) is 5.34. The van der Waals surface area contributed by atoms with Gasteiger partial charge in [0.15, 0.2) is 0 Å². The molecule has 3 aromatic rings. The van der Waals surface area contributed by atoms with Gasteiger partial charge >= 0.3 is 5.91 Å². The molecule has 1 saturated heterocycles. The number of ketones is 1. The first kappa shape index (κ1) is 19.5. The van der Waals surface area contributed by atoms with Gasteiger partial charge in [0.05, 0.1) is 11.6 Å². The molecule has 0 spiro atoms. The fourth-order valence-electron chi connectivity index (χ4n) is 3.29. The third-order valence-corrected chi connectivity index (χ3v) is 5.63. The monoisotopic (exact) mass is 512 g/mol. The lowest BCUT2D eigenvalue weighted by atomic mass is 9.95. The van der Waals surface area contributed by atoms with E-state index in [9.17, 15) is 14.7 Å². The van der Waals surface area contributed by atoms with Gasteiger partial charge in [-0.15, -0.1) is 0 Å². The summed E-state index contributed by atoms with van der Waals surface area (Å²) in [5.41, 5.74) is 1.19. The molecule has 7 heteroatoms. The SMILES string of the molecule is O=C1C(=O)N(c2ccc(Br)cn2)[C@H](c2ccc(Br)cc2)/C1=C(\O)c1ccccc1. The van der Waals surface area contributed by atoms with Crippen molar-refractivity contribution in [3.8, 4) is 0 Å². The van der Waals surface area contributed by atoms with E-state index in [1.54, 1.807) is 42.6 Å². The van der Waals surface area contributed by atoms with Crippen LogP contribution in [-0.4, -0.2) is 21.8 Å². The van der Waals surface area contributed by atoms with Crippen LogP contribution in [0.25, 0.3) is 5.76 Å². The highest BCUT2D eigenvalue weighted by molar-refractivity contribution is 9.10. The lowest BCUT2D eigenvalue weighted by Gasteiger charge is -2.24. The van der Waals surface area contributed by atoms with Crippen LogP contribution in [0.4, 0.5) is 5.82 Å². The van der Waals surface area contributed by atoms with Gasteiger partial charge in [-0.2, -0.15) is 0 Å². The summed E-state index contributed by atoms with van der Waals surface area (Å²) in [5.74, 6) is -1.36. The Morgan fingerprint density at radius 2 is 1.55 bits per heavy atom. The van der Waals surface area contributed by atoms with Crippen LogP contribution in [0.15, 0.2) is 87.4 Å². The van der Waals surface area contributed by atoms with E-state index in [2.05, 4.69) is 36.8 Å². The van der Waals surface area contributed by atoms with Crippen LogP contribution >= 0.6 is 31.9 Å². The maximum absolute atomic E-state index is 13.0. The van der Waals surface area contributed by atoms with Gasteiger partial charge in [0, 0.05) is 20.7 Å². The molecule has 0 saturated carbocycles. The van der Waals surface area contributed by atoms with E-state index < -0.39 is 17.7 Å². The summed E-state index contributed by atoms with van der Waals surface area (Å²) in [6, 6.07) is 18.6. The zero-order valence-electron chi connectivity index (χ0n) is 14.9. The van der Waals surface area contributed by atoms with Crippen molar-refractivity contribution in [2.75, 3.05) is 4.90 Å². The molecular formula is C22H14Br2N2O3. The van der Waals surface area contributed by atoms with E-state index in [1.807, 2.05) is 30.3 Å². The quantitative estimate of drug-likeness (QED) is 0.295. The van der Waals surface area contributed by atoms with Gasteiger partial charge < -0.3 is 5.11 Å². The molecule has 5 nitrogen and oxygen atoms in total. The number of halogens is 2. The first-order valence-corrected chi connectivity index (χ1v) is 10.3. The summed E-state index contributed by atoms with van der Waals surface area (Å²) in [6.07, 6.45) is 1.56. The largest absolute Gasteiger partial charge is 0.507 e. The van der Waals surface area contributed by atoms with Gasteiger partial charge in [-0.3, -0.25) is 14.5 Å². The number of aliphatic hydroxyl groups is 1. The van der Waals surface area contributed by atoms with Gasteiger partial charge in [0.1, 0.15) is 11.6 Å². The number of hydrogen-bond donors (Lipinski definition) is 1. The molecule has 1 amide bonds. The van der Waals surface area contributed by atoms with Crippen molar-refractivity contribution in [2.45, 2.75) is 6.04 Å². The zero-order chi connectivity index (χ0) is 20.5. The summed E-state index contributed by atoms with van der Waals surface area (Å²) >= 11 is 6.73. The third kappa shape index (κ3) is 3.63. The Hall–Kier alpha value is -2.77. The van der Waals surface area contributed by atoms with E-state index in [4.69, 9.17) is 0 Å². The molecule has 0 radical (unpaired) electrons. The second-order valence-corrected chi connectivity index (χ2v) is 8.25. The number of aliphatic hydroxyl groups excluding tert-OH is 1. The highest BCUT2D eigenvalue weighted by Gasteiger charge is 2.47. The van der Waals surface area contributed by atoms with Crippen molar-refractivity contribution < 1.29 is 14.7 Å². The van der Waals surface area contributed by atoms with Gasteiger partial charge in [-0.1, -0.05) is 58.4 Å². The van der Waals surface area contributed by atoms with Gasteiger partial charge in [-0.25, -0.2) is 4.98 Å². The average Bonchev–Trinajstić information content (AvgIpc) is 3.00. The standard InChI is InChI=1S/C22H14Br2N2O3/c23-15-8-6-13(7-9-15)19-18(20(27)14-4-2-1-3-5-14)21(28)22(29)26(19)17-11-10-16(24)12-25-17/h1-12,19,27H/b20-18+/t19-/m1/s1. The van der Waals surface area contributed by atoms with E-state index in [0.29, 0.717) is 16.9 Å². The van der Waals surface area contributed by atoms with Crippen LogP contribution in [0.2, 0.25) is 0 Å². The predicted molar refractivity (Wildman–Crippen MR) is 117 cm³/mol. The minimum absolute atomic E-state index is 0.0354. The van der Waals surface area contributed by atoms with E-state index in [-0.39, 0.29) is 11.3 Å². The summed E-state index contributed by atoms with van der Waals surface area (Å²) in [4.78, 5) is 31.5. The van der Waals surface area contributed by atoms with Crippen LogP contribution in [0.1, 0.15) is 17.2 Å². The smallest absolute Gasteiger partial charge is 0.301 e. The number of nitrogens with zero attached hydrogens (tertiary/aromatic N) is 2. The number of benzene rings is 2. The molecule has 4 rings (SSSR count). The highest BCUT2D eigenvalue weighted by atomic mass is 79.9. The Balaban J connectivity index is 1.94. The third-order valence-electron chi connectivity index (χ3n) is 4.64. The van der Waals surface area contributed by atoms with E-state index in [1.165, 1.54) is 4.90 Å². The van der Waals surface area contributed by atoms with Crippen molar-refractivity contribution in [1.29, 1.82) is 0 Å². The number of hydrogen-bond acceptors (Lipinski definition) is 4. The second-order valence-electron chi connectivity index (χ2n) is 6.42. The maximum Gasteiger partial charge on any atom is 0.301 e. The Labute approximate surface area is 184 Å². The molecule has 0 bridgehead atoms. The number of pyridine rings is 1. The molecule has 1 fully saturated rings. The molecular weight excluding hydrogens is 500 g/mol. The van der Waals surface area contributed by atoms with Crippen molar-refractivity contribution in [3.05, 3.63) is 98.6 Å². The molecule has 29 heavy (non-hydrogen) atoms. The minimum Gasteiger partial charge on any atom is -0.507 e. The first-order chi connectivity index (χ1) is 14.0. The fraction of sp³-hybridized carbons (Fsp3) is 0.0455.